The van der Waals surface area contributed by atoms with Crippen molar-refractivity contribution in [3.63, 3.8) is 0 Å². The number of hydrogen-bond acceptors (Lipinski definition) is 3. The summed E-state index contributed by atoms with van der Waals surface area (Å²) in [5.41, 5.74) is 2.26. The predicted molar refractivity (Wildman–Crippen MR) is 107 cm³/mol. The number of aryl methyl sites for hydroxylation is 1. The summed E-state index contributed by atoms with van der Waals surface area (Å²) in [5.74, 6) is 0.463. The molecule has 1 aromatic heterocycles. The standard InChI is InChI=1S/C20H19BrClNO3/c1-2-25-20(24)19-15(14-10-9-13(22)12-17(14)23-19)6-5-11-26-18-8-4-3-7-16(18)21/h3-4,7-10,12,23H,2,5-6,11H2,1H3. The van der Waals surface area contributed by atoms with Crippen molar-refractivity contribution >= 4 is 44.4 Å². The Morgan fingerprint density at radius 2 is 2.04 bits per heavy atom. The van der Waals surface area contributed by atoms with E-state index >= 15 is 0 Å². The second-order valence-corrected chi connectivity index (χ2v) is 7.06. The van der Waals surface area contributed by atoms with Crippen LogP contribution < -0.4 is 4.74 Å². The van der Waals surface area contributed by atoms with Crippen molar-refractivity contribution in [1.29, 1.82) is 0 Å². The highest BCUT2D eigenvalue weighted by molar-refractivity contribution is 9.10. The largest absolute Gasteiger partial charge is 0.492 e. The van der Waals surface area contributed by atoms with E-state index in [1.54, 1.807) is 6.92 Å². The van der Waals surface area contributed by atoms with Gasteiger partial charge in [0.1, 0.15) is 11.4 Å². The van der Waals surface area contributed by atoms with E-state index in [1.807, 2.05) is 42.5 Å². The van der Waals surface area contributed by atoms with Crippen molar-refractivity contribution in [3.05, 3.63) is 63.2 Å². The van der Waals surface area contributed by atoms with Gasteiger partial charge >= 0.3 is 5.97 Å². The van der Waals surface area contributed by atoms with Crippen LogP contribution in [0.25, 0.3) is 10.9 Å². The van der Waals surface area contributed by atoms with Gasteiger partial charge in [0.15, 0.2) is 0 Å². The molecule has 0 atom stereocenters. The van der Waals surface area contributed by atoms with E-state index in [4.69, 9.17) is 21.1 Å². The van der Waals surface area contributed by atoms with E-state index < -0.39 is 0 Å². The summed E-state index contributed by atoms with van der Waals surface area (Å²) in [6.45, 7) is 2.67. The molecule has 136 valence electrons. The first-order valence-electron chi connectivity index (χ1n) is 8.44. The molecule has 0 aliphatic rings. The molecule has 0 aliphatic carbocycles. The van der Waals surface area contributed by atoms with E-state index in [9.17, 15) is 4.79 Å². The lowest BCUT2D eigenvalue weighted by Crippen LogP contribution is -2.09. The fraction of sp³-hybridized carbons (Fsp3) is 0.250. The van der Waals surface area contributed by atoms with Gasteiger partial charge in [0.25, 0.3) is 0 Å². The van der Waals surface area contributed by atoms with E-state index in [0.717, 1.165) is 33.1 Å². The van der Waals surface area contributed by atoms with Crippen molar-refractivity contribution in [2.75, 3.05) is 13.2 Å². The van der Waals surface area contributed by atoms with E-state index in [0.29, 0.717) is 30.4 Å². The summed E-state index contributed by atoms with van der Waals surface area (Å²) in [6.07, 6.45) is 1.46. The summed E-state index contributed by atoms with van der Waals surface area (Å²) in [7, 11) is 0. The first-order valence-corrected chi connectivity index (χ1v) is 9.61. The molecular formula is C20H19BrClNO3. The lowest BCUT2D eigenvalue weighted by molar-refractivity contribution is 0.0519. The molecule has 1 N–H and O–H groups in total. The number of esters is 1. The molecule has 2 aromatic carbocycles. The Labute approximate surface area is 165 Å². The molecular weight excluding hydrogens is 418 g/mol. The van der Waals surface area contributed by atoms with Gasteiger partial charge in [0.05, 0.1) is 17.7 Å². The average Bonchev–Trinajstić information content (AvgIpc) is 2.98. The highest BCUT2D eigenvalue weighted by Crippen LogP contribution is 2.28. The van der Waals surface area contributed by atoms with Crippen LogP contribution in [0.5, 0.6) is 5.75 Å². The van der Waals surface area contributed by atoms with Crippen molar-refractivity contribution in [2.45, 2.75) is 19.8 Å². The van der Waals surface area contributed by atoms with Gasteiger partial charge in [-0.2, -0.15) is 0 Å². The predicted octanol–water partition coefficient (Wildman–Crippen LogP) is 5.77. The maximum Gasteiger partial charge on any atom is 0.355 e. The topological polar surface area (TPSA) is 51.3 Å². The van der Waals surface area contributed by atoms with Crippen molar-refractivity contribution < 1.29 is 14.3 Å². The number of ether oxygens (including phenoxy) is 2. The second kappa shape index (κ2) is 8.60. The van der Waals surface area contributed by atoms with E-state index in [-0.39, 0.29) is 5.97 Å². The Morgan fingerprint density at radius 1 is 1.23 bits per heavy atom. The van der Waals surface area contributed by atoms with Crippen LogP contribution in [0.3, 0.4) is 0 Å². The number of nitrogens with one attached hydrogen (secondary N) is 1. The zero-order valence-corrected chi connectivity index (χ0v) is 16.7. The molecule has 0 bridgehead atoms. The van der Waals surface area contributed by atoms with Gasteiger partial charge < -0.3 is 14.5 Å². The Balaban J connectivity index is 1.76. The molecule has 3 rings (SSSR count). The first kappa shape index (κ1) is 18.8. The minimum Gasteiger partial charge on any atom is -0.492 e. The molecule has 4 nitrogen and oxygen atoms in total. The van der Waals surface area contributed by atoms with Gasteiger partial charge in [-0.1, -0.05) is 29.8 Å². The molecule has 3 aromatic rings. The minimum atomic E-state index is -0.346. The summed E-state index contributed by atoms with van der Waals surface area (Å²) in [5, 5.41) is 1.61. The zero-order valence-electron chi connectivity index (χ0n) is 14.4. The second-order valence-electron chi connectivity index (χ2n) is 5.77. The molecule has 0 fully saturated rings. The summed E-state index contributed by atoms with van der Waals surface area (Å²) < 4.78 is 11.9. The van der Waals surface area contributed by atoms with E-state index in [2.05, 4.69) is 20.9 Å². The fourth-order valence-electron chi connectivity index (χ4n) is 2.86. The van der Waals surface area contributed by atoms with Crippen LogP contribution >= 0.6 is 27.5 Å². The van der Waals surface area contributed by atoms with Crippen molar-refractivity contribution in [2.24, 2.45) is 0 Å². The first-order chi connectivity index (χ1) is 12.6. The Bertz CT molecular complexity index is 923. The molecule has 0 unspecified atom stereocenters. The van der Waals surface area contributed by atoms with Crippen LogP contribution in [0.1, 0.15) is 29.4 Å². The number of H-pyrrole nitrogens is 1. The van der Waals surface area contributed by atoms with Crippen LogP contribution in [-0.4, -0.2) is 24.2 Å². The monoisotopic (exact) mass is 435 g/mol. The molecule has 0 saturated heterocycles. The summed E-state index contributed by atoms with van der Waals surface area (Å²) >= 11 is 9.54. The minimum absolute atomic E-state index is 0.333. The number of halogens is 2. The number of aromatic nitrogens is 1. The van der Waals surface area contributed by atoms with Gasteiger partial charge in [-0.15, -0.1) is 0 Å². The normalized spacial score (nSPS) is 10.9. The average molecular weight is 437 g/mol. The SMILES string of the molecule is CCOC(=O)c1[nH]c2cc(Cl)ccc2c1CCCOc1ccccc1Br. The molecule has 6 heteroatoms. The zero-order chi connectivity index (χ0) is 18.5. The third-order valence-corrected chi connectivity index (χ3v) is 4.90. The Morgan fingerprint density at radius 3 is 2.81 bits per heavy atom. The molecule has 0 aliphatic heterocycles. The maximum atomic E-state index is 12.3. The van der Waals surface area contributed by atoms with Crippen molar-refractivity contribution in [1.82, 2.24) is 4.98 Å². The number of aromatic amines is 1. The van der Waals surface area contributed by atoms with Crippen LogP contribution in [0.4, 0.5) is 0 Å². The lowest BCUT2D eigenvalue weighted by Gasteiger charge is -2.08. The van der Waals surface area contributed by atoms with Crippen molar-refractivity contribution in [3.8, 4) is 5.75 Å². The van der Waals surface area contributed by atoms with Crippen LogP contribution in [0, 0.1) is 0 Å². The summed E-state index contributed by atoms with van der Waals surface area (Å²) in [4.78, 5) is 15.4. The van der Waals surface area contributed by atoms with Gasteiger partial charge in [0.2, 0.25) is 0 Å². The Hall–Kier alpha value is -1.98. The number of fused-ring (bicyclic) bond motifs is 1. The van der Waals surface area contributed by atoms with Gasteiger partial charge in [-0.3, -0.25) is 0 Å². The quantitative estimate of drug-likeness (QED) is 0.378. The number of rotatable bonds is 7. The Kier molecular flexibility index (Phi) is 6.22. The number of carbonyl (C=O) groups is 1. The van der Waals surface area contributed by atoms with E-state index in [1.165, 1.54) is 0 Å². The molecule has 0 radical (unpaired) electrons. The third-order valence-electron chi connectivity index (χ3n) is 4.01. The molecule has 0 saturated carbocycles. The van der Waals surface area contributed by atoms with Gasteiger partial charge in [0, 0.05) is 15.9 Å². The molecule has 0 spiro atoms. The van der Waals surface area contributed by atoms with Crippen LogP contribution in [-0.2, 0) is 11.2 Å². The highest BCUT2D eigenvalue weighted by Gasteiger charge is 2.18. The lowest BCUT2D eigenvalue weighted by atomic mass is 10.1. The molecule has 1 heterocycles. The van der Waals surface area contributed by atoms with Gasteiger partial charge in [-0.25, -0.2) is 4.79 Å². The molecule has 26 heavy (non-hydrogen) atoms. The number of carbonyl (C=O) groups excluding carboxylic acids is 1. The molecule has 0 amide bonds. The highest BCUT2D eigenvalue weighted by atomic mass is 79.9. The third kappa shape index (κ3) is 4.22. The fourth-order valence-corrected chi connectivity index (χ4v) is 3.43. The van der Waals surface area contributed by atoms with Crippen LogP contribution in [0.2, 0.25) is 5.02 Å². The summed E-state index contributed by atoms with van der Waals surface area (Å²) in [6, 6.07) is 13.3. The maximum absolute atomic E-state index is 12.3. The van der Waals surface area contributed by atoms with Gasteiger partial charge in [-0.05, 0) is 65.5 Å². The number of para-hydroxylation sites is 1. The number of hydrogen-bond donors (Lipinski definition) is 1. The number of benzene rings is 2. The van der Waals surface area contributed by atoms with Crippen LogP contribution in [0.15, 0.2) is 46.9 Å². The smallest absolute Gasteiger partial charge is 0.355 e.